The van der Waals surface area contributed by atoms with E-state index in [9.17, 15) is 123 Å². The van der Waals surface area contributed by atoms with Crippen molar-refractivity contribution >= 4 is 0 Å². The van der Waals surface area contributed by atoms with Gasteiger partial charge in [-0.15, -0.1) is 0 Å². The summed E-state index contributed by atoms with van der Waals surface area (Å²) >= 11 is 0. The molecule has 20 unspecified atom stereocenters. The van der Waals surface area contributed by atoms with Crippen molar-refractivity contribution in [3.8, 4) is 0 Å². The topological polar surface area (TPSA) is 0 Å². The predicted octanol–water partition coefficient (Wildman–Crippen LogP) is 33.5. The molecule has 0 aromatic heterocycles. The van der Waals surface area contributed by atoms with E-state index < -0.39 is 162 Å². The summed E-state index contributed by atoms with van der Waals surface area (Å²) in [6.45, 7) is 50.5. The van der Waals surface area contributed by atoms with Crippen LogP contribution in [0, 0.1) is 152 Å². The average Bonchev–Trinajstić information content (AvgIpc) is 1.53. The Bertz CT molecular complexity index is 2600. The second-order valence-electron chi connectivity index (χ2n) is 37.3. The number of halogens is 28. The Hall–Kier alpha value is -1.96. The van der Waals surface area contributed by atoms with Crippen molar-refractivity contribution in [2.75, 3.05) is 0 Å². The molecule has 0 saturated heterocycles. The lowest BCUT2D eigenvalue weighted by atomic mass is 9.73. The summed E-state index contributed by atoms with van der Waals surface area (Å²) in [7, 11) is 0. The summed E-state index contributed by atoms with van der Waals surface area (Å²) < 4.78 is 379. The van der Waals surface area contributed by atoms with E-state index in [0.717, 1.165) is 50.4 Å². The molecule has 0 N–H and O–H groups in total. The molecule has 0 bridgehead atoms. The van der Waals surface area contributed by atoms with E-state index in [1.807, 2.05) is 34.6 Å². The minimum Gasteiger partial charge on any atom is -0.247 e. The Morgan fingerprint density at radius 3 is 0.795 bits per heavy atom. The molecule has 0 heterocycles. The van der Waals surface area contributed by atoms with E-state index in [1.165, 1.54) is 87.5 Å². The molecular formula is C84H146F28. The first kappa shape index (κ1) is 106. The third-order valence-corrected chi connectivity index (χ3v) is 26.3. The molecule has 8 fully saturated rings. The minimum absolute atomic E-state index is 0.119. The van der Waals surface area contributed by atoms with Crippen LogP contribution < -0.4 is 0 Å². The van der Waals surface area contributed by atoms with Crippen LogP contribution in [0.4, 0.5) is 123 Å². The first-order chi connectivity index (χ1) is 50.9. The molecule has 28 heteroatoms. The smallest absolute Gasteiger partial charge is 0.247 e. The van der Waals surface area contributed by atoms with E-state index in [2.05, 4.69) is 69.2 Å². The summed E-state index contributed by atoms with van der Waals surface area (Å²) in [5, 5.41) is 0. The van der Waals surface area contributed by atoms with Crippen molar-refractivity contribution in [2.45, 2.75) is 383 Å². The lowest BCUT2D eigenvalue weighted by Crippen LogP contribution is -2.52. The lowest BCUT2D eigenvalue weighted by Gasteiger charge is -2.35. The van der Waals surface area contributed by atoms with Gasteiger partial charge in [0, 0.05) is 17.3 Å². The Kier molecular flexibility index (Phi) is 42.2. The standard InChI is InChI=1S/C10H14F6.2C9H15F3.C8H13F3.2C8H16.C7H7F7.C7H11F3.C6H11F3.2C6H14/c1-4-5(2)8(10(14,15)16)6(3)7(4)9(11,12)13;2*1-6-4-3-5-8(7(6)2)9(10,11)12;1-5-3-6(2)7(4-5)8(9,10)11;2*1-6-4-5-7(2)8(6)3;1-3-5(9,10)4(2,8)7(13,14)6(3,11)12;1-3-5(8)4(2)7(10)6(3)9;1-4-5(2,3)6(7,8)9;2*1-5-6(2,3)4/h4-8H,1-3H3;2*6-8H,3-5H2,1-2H3;5-7H,3-4H2,1-2H3;2*6-8H,4-5H2,1-3H3;3H,1-2H3;3-7H,1-2H3;4H2,1-3H3;2*5H2,1-4H3/t;2*6?,7-,8?;;;;3-,4?;;;;/m.11...0..../s1/i;7D;;;8D;;;;;5D2;. The molecule has 8 rings (SSSR count). The van der Waals surface area contributed by atoms with Crippen molar-refractivity contribution in [3.05, 3.63) is 0 Å². The highest BCUT2D eigenvalue weighted by atomic mass is 19.4. The lowest BCUT2D eigenvalue weighted by molar-refractivity contribution is -0.248. The Labute approximate surface area is 661 Å². The van der Waals surface area contributed by atoms with E-state index in [1.54, 1.807) is 27.7 Å². The Morgan fingerprint density at radius 2 is 0.643 bits per heavy atom. The fourth-order valence-electron chi connectivity index (χ4n) is 15.0. The first-order valence-electron chi connectivity index (χ1n) is 42.1. The van der Waals surface area contributed by atoms with Gasteiger partial charge in [0.25, 0.3) is 5.92 Å². The van der Waals surface area contributed by atoms with Crippen molar-refractivity contribution in [3.63, 3.8) is 0 Å². The molecule has 0 amide bonds. The predicted molar refractivity (Wildman–Crippen MR) is 397 cm³/mol. The van der Waals surface area contributed by atoms with Crippen LogP contribution in [0.25, 0.3) is 0 Å². The first-order valence-corrected chi connectivity index (χ1v) is 40.1. The van der Waals surface area contributed by atoms with Crippen LogP contribution in [0.1, 0.15) is 309 Å². The van der Waals surface area contributed by atoms with Crippen LogP contribution >= 0.6 is 0 Å². The van der Waals surface area contributed by atoms with Gasteiger partial charge in [-0.1, -0.05) is 265 Å². The summed E-state index contributed by atoms with van der Waals surface area (Å²) in [5.74, 6) is -27.7. The molecule has 0 aromatic carbocycles. The van der Waals surface area contributed by atoms with Gasteiger partial charge >= 0.3 is 48.9 Å². The molecule has 0 nitrogen and oxygen atoms in total. The molecule has 0 aromatic rings. The second kappa shape index (κ2) is 44.5. The summed E-state index contributed by atoms with van der Waals surface area (Å²) in [6, 6.07) is 0. The van der Waals surface area contributed by atoms with Gasteiger partial charge in [-0.25, -0.2) is 26.3 Å². The highest BCUT2D eigenvalue weighted by Gasteiger charge is 2.88. The van der Waals surface area contributed by atoms with E-state index in [4.69, 9.17) is 5.48 Å². The number of alkyl halides is 28. The van der Waals surface area contributed by atoms with Crippen molar-refractivity contribution < 1.29 is 128 Å². The molecular weight excluding hydrogens is 1540 g/mol. The van der Waals surface area contributed by atoms with Gasteiger partial charge in [-0.05, 0) is 139 Å². The maximum atomic E-state index is 12.9. The molecule has 8 aliphatic carbocycles. The van der Waals surface area contributed by atoms with Crippen LogP contribution in [0.2, 0.25) is 0 Å². The summed E-state index contributed by atoms with van der Waals surface area (Å²) in [4.78, 5) is 0. The van der Waals surface area contributed by atoms with Gasteiger partial charge in [0.1, 0.15) is 18.5 Å². The molecule has 112 heavy (non-hydrogen) atoms. The van der Waals surface area contributed by atoms with Crippen LogP contribution in [0.15, 0.2) is 0 Å². The third-order valence-electron chi connectivity index (χ3n) is 26.3. The zero-order valence-electron chi connectivity index (χ0n) is 76.3. The monoisotopic (exact) mass is 1690 g/mol. The molecule has 0 spiro atoms. The molecule has 8 saturated carbocycles. The van der Waals surface area contributed by atoms with Gasteiger partial charge in [0.15, 0.2) is 0 Å². The number of rotatable bonds is 1. The Morgan fingerprint density at radius 1 is 0.330 bits per heavy atom. The van der Waals surface area contributed by atoms with Crippen molar-refractivity contribution in [2.24, 2.45) is 152 Å². The molecule has 678 valence electrons. The van der Waals surface area contributed by atoms with Gasteiger partial charge in [-0.2, -0.15) is 96.6 Å². The highest BCUT2D eigenvalue weighted by molar-refractivity contribution is 5.19. The van der Waals surface area contributed by atoms with Gasteiger partial charge in [0.05, 0.1) is 40.9 Å². The quantitative estimate of drug-likeness (QED) is 0.230. The fraction of sp³-hybridized carbons (Fsp3) is 1.00. The van der Waals surface area contributed by atoms with Gasteiger partial charge in [-0.3, -0.25) is 0 Å². The SMILES string of the molecule is CC1C(C)C(C(F)(F)F)C(C)C1C(F)(F)F.CC1C(F)C(C)C(F)C1F.CC1CC(C)C(C(F)(F)F)C1.CC1CCC(C)C1C.CC1CCCC(C(F)(F)F)[C@@H]1C.CCC(C)(C)C.CCC(C)(C)C(F)(F)F.C[C@H]1C(F)(F)C(C)(F)C(F)(F)C1(F)F.[2H]C([2H])(C)C(C)(C)C.[2H]C1(C)C(C)CCC1C.[2H][C@@]1(C)C(C)CCCC1C(F)(F)F. The minimum atomic E-state index is -5.36. The average molecular weight is 1690 g/mol. The zero-order valence-corrected chi connectivity index (χ0v) is 72.3. The third kappa shape index (κ3) is 33.9. The molecule has 0 aliphatic heterocycles. The van der Waals surface area contributed by atoms with Crippen molar-refractivity contribution in [1.82, 2.24) is 0 Å². The fourth-order valence-corrected chi connectivity index (χ4v) is 15.0. The highest BCUT2D eigenvalue weighted by Crippen LogP contribution is 2.65. The summed E-state index contributed by atoms with van der Waals surface area (Å²) in [6.07, 6.45) is -19.5. The van der Waals surface area contributed by atoms with Crippen LogP contribution in [0.5, 0.6) is 0 Å². The number of hydrogen-bond acceptors (Lipinski definition) is 0. The molecule has 0 radical (unpaired) electrons. The molecule has 8 aliphatic rings. The Balaban J connectivity index is -0.00000122. The van der Waals surface area contributed by atoms with Crippen LogP contribution in [-0.2, 0) is 0 Å². The molecule has 23 atom stereocenters. The van der Waals surface area contributed by atoms with Gasteiger partial charge in [0.2, 0.25) is 5.67 Å². The second-order valence-corrected chi connectivity index (χ2v) is 37.3. The number of hydrogen-bond donors (Lipinski definition) is 0. The van der Waals surface area contributed by atoms with Gasteiger partial charge < -0.3 is 0 Å². The largest absolute Gasteiger partial charge is 0.393 e. The van der Waals surface area contributed by atoms with Crippen LogP contribution in [0.3, 0.4) is 0 Å². The maximum Gasteiger partial charge on any atom is 0.393 e. The maximum absolute atomic E-state index is 12.9. The van der Waals surface area contributed by atoms with Crippen molar-refractivity contribution in [1.29, 1.82) is 0 Å². The van der Waals surface area contributed by atoms with Crippen LogP contribution in [-0.4, -0.2) is 79.0 Å². The van der Waals surface area contributed by atoms with E-state index in [-0.39, 0.29) is 67.6 Å². The van der Waals surface area contributed by atoms with E-state index in [0.29, 0.717) is 36.5 Å². The van der Waals surface area contributed by atoms with E-state index >= 15 is 0 Å². The summed E-state index contributed by atoms with van der Waals surface area (Å²) in [5.41, 5.74) is -5.73. The normalized spacial score (nSPS) is 39.6. The zero-order chi connectivity index (χ0) is 93.8.